The normalized spacial score (nSPS) is 11.8. The molecule has 1 heterocycles. The summed E-state index contributed by atoms with van der Waals surface area (Å²) >= 11 is 6.80. The number of benzene rings is 1. The van der Waals surface area contributed by atoms with Gasteiger partial charge in [-0.15, -0.1) is 10.2 Å². The van der Waals surface area contributed by atoms with Gasteiger partial charge in [-0.05, 0) is 23.8 Å². The first-order valence-corrected chi connectivity index (χ1v) is 5.98. The third-order valence-electron chi connectivity index (χ3n) is 2.12. The SMILES string of the molecule is Nc1nnc(Cc2cc(Cl)cc(C(F)(F)F)c2)s1. The molecular formula is C10H7ClF3N3S. The average Bonchev–Trinajstić information content (AvgIpc) is 2.61. The second kappa shape index (κ2) is 4.74. The minimum absolute atomic E-state index is 0.0392. The molecule has 1 aromatic heterocycles. The molecule has 0 unspecified atom stereocenters. The van der Waals surface area contributed by atoms with Crippen molar-refractivity contribution in [2.75, 3.05) is 5.73 Å². The van der Waals surface area contributed by atoms with Crippen LogP contribution < -0.4 is 5.73 Å². The number of halogens is 4. The molecule has 2 aromatic rings. The highest BCUT2D eigenvalue weighted by Gasteiger charge is 2.31. The van der Waals surface area contributed by atoms with Crippen molar-refractivity contribution < 1.29 is 13.2 Å². The summed E-state index contributed by atoms with van der Waals surface area (Å²) in [5.41, 5.74) is 5.05. The van der Waals surface area contributed by atoms with Crippen LogP contribution in [0.25, 0.3) is 0 Å². The highest BCUT2D eigenvalue weighted by atomic mass is 35.5. The molecule has 0 bridgehead atoms. The number of nitrogens with two attached hydrogens (primary N) is 1. The van der Waals surface area contributed by atoms with E-state index >= 15 is 0 Å². The number of nitrogens with zero attached hydrogens (tertiary/aromatic N) is 2. The minimum Gasteiger partial charge on any atom is -0.374 e. The number of alkyl halides is 3. The van der Waals surface area contributed by atoms with Gasteiger partial charge in [0.25, 0.3) is 0 Å². The van der Waals surface area contributed by atoms with Gasteiger partial charge >= 0.3 is 6.18 Å². The Labute approximate surface area is 109 Å². The monoisotopic (exact) mass is 293 g/mol. The highest BCUT2D eigenvalue weighted by molar-refractivity contribution is 7.15. The molecule has 96 valence electrons. The van der Waals surface area contributed by atoms with Gasteiger partial charge in [-0.3, -0.25) is 0 Å². The Balaban J connectivity index is 2.31. The van der Waals surface area contributed by atoms with E-state index in [0.717, 1.165) is 23.5 Å². The molecule has 0 radical (unpaired) electrons. The van der Waals surface area contributed by atoms with Crippen LogP contribution in [0, 0.1) is 0 Å². The summed E-state index contributed by atoms with van der Waals surface area (Å²) in [6.07, 6.45) is -4.20. The standard InChI is InChI=1S/C10H7ClF3N3S/c11-7-2-5(1-6(4-7)10(12,13)14)3-8-16-17-9(15)18-8/h1-2,4H,3H2,(H2,15,17). The molecular weight excluding hydrogens is 287 g/mol. The van der Waals surface area contributed by atoms with Crippen LogP contribution in [-0.2, 0) is 12.6 Å². The molecule has 2 rings (SSSR count). The lowest BCUT2D eigenvalue weighted by atomic mass is 10.1. The van der Waals surface area contributed by atoms with Crippen molar-refractivity contribution in [1.29, 1.82) is 0 Å². The topological polar surface area (TPSA) is 51.8 Å². The van der Waals surface area contributed by atoms with Crippen LogP contribution in [0.15, 0.2) is 18.2 Å². The van der Waals surface area contributed by atoms with Crippen LogP contribution >= 0.6 is 22.9 Å². The molecule has 0 aliphatic rings. The Morgan fingerprint density at radius 1 is 1.22 bits per heavy atom. The van der Waals surface area contributed by atoms with Crippen molar-refractivity contribution in [3.63, 3.8) is 0 Å². The van der Waals surface area contributed by atoms with Gasteiger partial charge in [0, 0.05) is 11.4 Å². The summed E-state index contributed by atoms with van der Waals surface area (Å²) in [4.78, 5) is 0. The lowest BCUT2D eigenvalue weighted by molar-refractivity contribution is -0.137. The van der Waals surface area contributed by atoms with Crippen molar-refractivity contribution in [3.8, 4) is 0 Å². The van der Waals surface area contributed by atoms with Gasteiger partial charge in [0.2, 0.25) is 5.13 Å². The molecule has 3 nitrogen and oxygen atoms in total. The summed E-state index contributed by atoms with van der Waals surface area (Å²) in [5.74, 6) is 0. The molecule has 0 fully saturated rings. The van der Waals surface area contributed by atoms with E-state index in [9.17, 15) is 13.2 Å². The number of anilines is 1. The predicted octanol–water partition coefficient (Wildman–Crippen LogP) is 3.38. The van der Waals surface area contributed by atoms with Gasteiger partial charge in [-0.2, -0.15) is 13.2 Å². The molecule has 0 saturated carbocycles. The predicted molar refractivity (Wildman–Crippen MR) is 63.6 cm³/mol. The van der Waals surface area contributed by atoms with Crippen molar-refractivity contribution in [3.05, 3.63) is 39.4 Å². The number of hydrogen-bond donors (Lipinski definition) is 1. The van der Waals surface area contributed by atoms with E-state index < -0.39 is 11.7 Å². The number of nitrogen functional groups attached to an aromatic ring is 1. The van der Waals surface area contributed by atoms with Crippen LogP contribution in [0.4, 0.5) is 18.3 Å². The quantitative estimate of drug-likeness (QED) is 0.923. The van der Waals surface area contributed by atoms with Gasteiger partial charge < -0.3 is 5.73 Å². The Bertz CT molecular complexity index is 568. The highest BCUT2D eigenvalue weighted by Crippen LogP contribution is 2.32. The summed E-state index contributed by atoms with van der Waals surface area (Å²) in [6.45, 7) is 0. The third-order valence-corrected chi connectivity index (χ3v) is 3.09. The fourth-order valence-corrected chi connectivity index (χ4v) is 2.33. The molecule has 0 aliphatic heterocycles. The first-order valence-electron chi connectivity index (χ1n) is 4.79. The maximum Gasteiger partial charge on any atom is 0.416 e. The molecule has 0 amide bonds. The maximum atomic E-state index is 12.6. The average molecular weight is 294 g/mol. The molecule has 0 aliphatic carbocycles. The number of rotatable bonds is 2. The fourth-order valence-electron chi connectivity index (χ4n) is 1.43. The van der Waals surface area contributed by atoms with Gasteiger partial charge in [-0.25, -0.2) is 0 Å². The van der Waals surface area contributed by atoms with Crippen molar-refractivity contribution in [2.24, 2.45) is 0 Å². The van der Waals surface area contributed by atoms with E-state index in [-0.39, 0.29) is 16.6 Å². The zero-order valence-corrected chi connectivity index (χ0v) is 10.4. The lowest BCUT2D eigenvalue weighted by Gasteiger charge is -2.09. The van der Waals surface area contributed by atoms with E-state index in [0.29, 0.717) is 10.6 Å². The molecule has 2 N–H and O–H groups in total. The van der Waals surface area contributed by atoms with Gasteiger partial charge in [0.1, 0.15) is 5.01 Å². The van der Waals surface area contributed by atoms with Crippen LogP contribution in [0.5, 0.6) is 0 Å². The zero-order valence-electron chi connectivity index (χ0n) is 8.83. The molecule has 18 heavy (non-hydrogen) atoms. The van der Waals surface area contributed by atoms with Gasteiger partial charge in [0.05, 0.1) is 5.56 Å². The van der Waals surface area contributed by atoms with Crippen molar-refractivity contribution in [2.45, 2.75) is 12.6 Å². The Hall–Kier alpha value is -1.34. The number of aromatic nitrogens is 2. The summed E-state index contributed by atoms with van der Waals surface area (Å²) in [6, 6.07) is 3.40. The van der Waals surface area contributed by atoms with Gasteiger partial charge in [0.15, 0.2) is 0 Å². The molecule has 0 spiro atoms. The molecule has 0 saturated heterocycles. The molecule has 8 heteroatoms. The van der Waals surface area contributed by atoms with Crippen LogP contribution in [-0.4, -0.2) is 10.2 Å². The molecule has 1 aromatic carbocycles. The van der Waals surface area contributed by atoms with Crippen LogP contribution in [0.3, 0.4) is 0 Å². The van der Waals surface area contributed by atoms with E-state index in [1.807, 2.05) is 0 Å². The van der Waals surface area contributed by atoms with E-state index in [4.69, 9.17) is 17.3 Å². The third kappa shape index (κ3) is 3.11. The first-order chi connectivity index (χ1) is 8.34. The second-order valence-corrected chi connectivity index (χ2v) is 5.09. The summed E-state index contributed by atoms with van der Waals surface area (Å²) < 4.78 is 37.8. The smallest absolute Gasteiger partial charge is 0.374 e. The van der Waals surface area contributed by atoms with Crippen molar-refractivity contribution >= 4 is 28.1 Å². The fraction of sp³-hybridized carbons (Fsp3) is 0.200. The largest absolute Gasteiger partial charge is 0.416 e. The zero-order chi connectivity index (χ0) is 13.3. The Morgan fingerprint density at radius 2 is 1.94 bits per heavy atom. The van der Waals surface area contributed by atoms with E-state index in [2.05, 4.69) is 10.2 Å². The van der Waals surface area contributed by atoms with Crippen LogP contribution in [0.1, 0.15) is 16.1 Å². The van der Waals surface area contributed by atoms with E-state index in [1.165, 1.54) is 6.07 Å². The van der Waals surface area contributed by atoms with Crippen LogP contribution in [0.2, 0.25) is 5.02 Å². The Kier molecular flexibility index (Phi) is 3.45. The second-order valence-electron chi connectivity index (χ2n) is 3.56. The molecule has 0 atom stereocenters. The Morgan fingerprint density at radius 3 is 2.50 bits per heavy atom. The lowest BCUT2D eigenvalue weighted by Crippen LogP contribution is -2.05. The van der Waals surface area contributed by atoms with Crippen molar-refractivity contribution in [1.82, 2.24) is 10.2 Å². The minimum atomic E-state index is -4.42. The maximum absolute atomic E-state index is 12.6. The number of hydrogen-bond acceptors (Lipinski definition) is 4. The summed E-state index contributed by atoms with van der Waals surface area (Å²) in [7, 11) is 0. The van der Waals surface area contributed by atoms with Gasteiger partial charge in [-0.1, -0.05) is 22.9 Å². The van der Waals surface area contributed by atoms with E-state index in [1.54, 1.807) is 0 Å². The summed E-state index contributed by atoms with van der Waals surface area (Å²) in [5, 5.41) is 8.21. The first kappa shape index (κ1) is 13.1.